The Hall–Kier alpha value is -2.27. The van der Waals surface area contributed by atoms with E-state index in [9.17, 15) is 9.90 Å². The molecule has 2 rings (SSSR count). The van der Waals surface area contributed by atoms with Gasteiger partial charge in [-0.1, -0.05) is 12.1 Å². The highest BCUT2D eigenvalue weighted by Crippen LogP contribution is 2.32. The zero-order valence-corrected chi connectivity index (χ0v) is 14.8. The number of phenolic OH excluding ortho intramolecular Hbond substituents is 1. The standard InChI is InChI=1S/C18H18BrNO3/c1-20(2)14-6-4-5-12(9-14)16(21)8-7-13-10-15(19)17(22)11-18(13)23-3/h4-11,22H,1-3H3/b8-7+. The number of hydrogen-bond donors (Lipinski definition) is 1. The molecule has 0 unspecified atom stereocenters. The molecule has 0 aliphatic carbocycles. The number of methoxy groups -OCH3 is 1. The molecule has 0 radical (unpaired) electrons. The number of allylic oxidation sites excluding steroid dienone is 1. The van der Waals surface area contributed by atoms with Gasteiger partial charge in [0, 0.05) is 37.0 Å². The minimum Gasteiger partial charge on any atom is -0.507 e. The molecular formula is C18H18BrNO3. The third kappa shape index (κ3) is 4.13. The highest BCUT2D eigenvalue weighted by molar-refractivity contribution is 9.10. The van der Waals surface area contributed by atoms with Gasteiger partial charge in [0.1, 0.15) is 11.5 Å². The number of benzene rings is 2. The number of ether oxygens (including phenoxy) is 1. The maximum absolute atomic E-state index is 12.3. The van der Waals surface area contributed by atoms with Gasteiger partial charge >= 0.3 is 0 Å². The lowest BCUT2D eigenvalue weighted by Gasteiger charge is -2.12. The minimum absolute atomic E-state index is 0.0870. The van der Waals surface area contributed by atoms with Gasteiger partial charge in [0.25, 0.3) is 0 Å². The van der Waals surface area contributed by atoms with Crippen LogP contribution in [0.3, 0.4) is 0 Å². The van der Waals surface area contributed by atoms with Gasteiger partial charge in [0.15, 0.2) is 5.78 Å². The van der Waals surface area contributed by atoms with Crippen LogP contribution >= 0.6 is 15.9 Å². The summed E-state index contributed by atoms with van der Waals surface area (Å²) in [5.41, 5.74) is 2.28. The number of rotatable bonds is 5. The fourth-order valence-corrected chi connectivity index (χ4v) is 2.43. The van der Waals surface area contributed by atoms with Crippen molar-refractivity contribution in [2.45, 2.75) is 0 Å². The highest BCUT2D eigenvalue weighted by atomic mass is 79.9. The summed E-state index contributed by atoms with van der Waals surface area (Å²) in [6, 6.07) is 10.6. The van der Waals surface area contributed by atoms with E-state index < -0.39 is 0 Å². The molecule has 0 atom stereocenters. The number of aromatic hydroxyl groups is 1. The summed E-state index contributed by atoms with van der Waals surface area (Å²) >= 11 is 3.26. The van der Waals surface area contributed by atoms with Crippen LogP contribution < -0.4 is 9.64 Å². The van der Waals surface area contributed by atoms with Crippen LogP contribution in [0.25, 0.3) is 6.08 Å². The van der Waals surface area contributed by atoms with Gasteiger partial charge in [-0.25, -0.2) is 0 Å². The van der Waals surface area contributed by atoms with Crippen LogP contribution in [0.15, 0.2) is 46.9 Å². The Balaban J connectivity index is 2.28. The molecule has 0 bridgehead atoms. The molecule has 4 nitrogen and oxygen atoms in total. The number of halogens is 1. The number of carbonyl (C=O) groups excluding carboxylic acids is 1. The zero-order valence-electron chi connectivity index (χ0n) is 13.2. The molecule has 2 aromatic rings. The van der Waals surface area contributed by atoms with Crippen LogP contribution in [0, 0.1) is 0 Å². The van der Waals surface area contributed by atoms with Crippen LogP contribution in [0.5, 0.6) is 11.5 Å². The molecule has 0 saturated carbocycles. The molecular weight excluding hydrogens is 358 g/mol. The molecule has 0 heterocycles. The first-order chi connectivity index (χ1) is 10.9. The SMILES string of the molecule is COc1cc(O)c(Br)cc1/C=C/C(=O)c1cccc(N(C)C)c1. The van der Waals surface area contributed by atoms with Gasteiger partial charge in [-0.15, -0.1) is 0 Å². The summed E-state index contributed by atoms with van der Waals surface area (Å²) in [5.74, 6) is 0.487. The van der Waals surface area contributed by atoms with E-state index in [1.165, 1.54) is 19.3 Å². The summed E-state index contributed by atoms with van der Waals surface area (Å²) in [7, 11) is 5.37. The van der Waals surface area contributed by atoms with Crippen LogP contribution in [-0.2, 0) is 0 Å². The Morgan fingerprint density at radius 2 is 2.00 bits per heavy atom. The molecule has 0 aliphatic rings. The fraction of sp³-hybridized carbons (Fsp3) is 0.167. The minimum atomic E-state index is -0.0973. The van der Waals surface area contributed by atoms with Gasteiger partial charge in [-0.05, 0) is 46.3 Å². The number of anilines is 1. The maximum atomic E-state index is 12.3. The number of hydrogen-bond acceptors (Lipinski definition) is 4. The van der Waals surface area contributed by atoms with E-state index in [0.717, 1.165) is 5.69 Å². The van der Waals surface area contributed by atoms with E-state index in [0.29, 0.717) is 21.3 Å². The van der Waals surface area contributed by atoms with E-state index >= 15 is 0 Å². The third-order valence-electron chi connectivity index (χ3n) is 3.36. The zero-order chi connectivity index (χ0) is 17.0. The summed E-state index contributed by atoms with van der Waals surface area (Å²) in [4.78, 5) is 14.3. The topological polar surface area (TPSA) is 49.8 Å². The number of nitrogens with zero attached hydrogens (tertiary/aromatic N) is 1. The molecule has 5 heteroatoms. The van der Waals surface area contributed by atoms with Crippen molar-refractivity contribution in [3.8, 4) is 11.5 Å². The van der Waals surface area contributed by atoms with Gasteiger partial charge in [0.05, 0.1) is 11.6 Å². The van der Waals surface area contributed by atoms with Gasteiger partial charge < -0.3 is 14.7 Å². The summed E-state index contributed by atoms with van der Waals surface area (Å²) in [5, 5.41) is 9.67. The molecule has 0 spiro atoms. The van der Waals surface area contributed by atoms with Crippen LogP contribution in [0.1, 0.15) is 15.9 Å². The average Bonchev–Trinajstić information content (AvgIpc) is 2.55. The predicted octanol–water partition coefficient (Wildman–Crippen LogP) is 4.13. The number of carbonyl (C=O) groups is 1. The molecule has 0 aromatic heterocycles. The van der Waals surface area contributed by atoms with Gasteiger partial charge in [-0.3, -0.25) is 4.79 Å². The molecule has 2 aromatic carbocycles. The normalized spacial score (nSPS) is 10.8. The van der Waals surface area contributed by atoms with E-state index in [1.54, 1.807) is 18.2 Å². The van der Waals surface area contributed by atoms with Crippen molar-refractivity contribution in [3.63, 3.8) is 0 Å². The van der Waals surface area contributed by atoms with E-state index in [-0.39, 0.29) is 11.5 Å². The van der Waals surface area contributed by atoms with Crippen LogP contribution in [-0.4, -0.2) is 32.1 Å². The van der Waals surface area contributed by atoms with Crippen molar-refractivity contribution in [3.05, 3.63) is 58.1 Å². The molecule has 0 fully saturated rings. The number of ketones is 1. The first kappa shape index (κ1) is 17.1. The first-order valence-electron chi connectivity index (χ1n) is 6.98. The Morgan fingerprint density at radius 1 is 1.26 bits per heavy atom. The summed E-state index contributed by atoms with van der Waals surface area (Å²) < 4.78 is 5.76. The lowest BCUT2D eigenvalue weighted by atomic mass is 10.1. The van der Waals surface area contributed by atoms with Crippen LogP contribution in [0.4, 0.5) is 5.69 Å². The smallest absolute Gasteiger partial charge is 0.185 e. The lowest BCUT2D eigenvalue weighted by molar-refractivity contribution is 0.104. The molecule has 0 saturated heterocycles. The van der Waals surface area contributed by atoms with Crippen molar-refractivity contribution >= 4 is 33.5 Å². The van der Waals surface area contributed by atoms with E-state index in [4.69, 9.17) is 4.74 Å². The second kappa shape index (κ2) is 7.33. The lowest BCUT2D eigenvalue weighted by Crippen LogP contribution is -2.09. The Kier molecular flexibility index (Phi) is 5.45. The molecule has 0 aliphatic heterocycles. The van der Waals surface area contributed by atoms with E-state index in [2.05, 4.69) is 15.9 Å². The molecule has 23 heavy (non-hydrogen) atoms. The quantitative estimate of drug-likeness (QED) is 0.630. The molecule has 0 amide bonds. The van der Waals surface area contributed by atoms with Crippen molar-refractivity contribution in [2.24, 2.45) is 0 Å². The Labute approximate surface area is 144 Å². The number of phenols is 1. The summed E-state index contributed by atoms with van der Waals surface area (Å²) in [6.45, 7) is 0. The fourth-order valence-electron chi connectivity index (χ4n) is 2.06. The largest absolute Gasteiger partial charge is 0.507 e. The predicted molar refractivity (Wildman–Crippen MR) is 96.5 cm³/mol. The van der Waals surface area contributed by atoms with Crippen molar-refractivity contribution in [1.82, 2.24) is 0 Å². The van der Waals surface area contributed by atoms with E-state index in [1.807, 2.05) is 37.2 Å². The highest BCUT2D eigenvalue weighted by Gasteiger charge is 2.08. The Bertz CT molecular complexity index is 754. The monoisotopic (exact) mass is 375 g/mol. The van der Waals surface area contributed by atoms with Crippen molar-refractivity contribution < 1.29 is 14.6 Å². The van der Waals surface area contributed by atoms with Crippen LogP contribution in [0.2, 0.25) is 0 Å². The second-order valence-corrected chi connectivity index (χ2v) is 6.04. The summed E-state index contributed by atoms with van der Waals surface area (Å²) in [6.07, 6.45) is 3.17. The molecule has 1 N–H and O–H groups in total. The average molecular weight is 376 g/mol. The third-order valence-corrected chi connectivity index (χ3v) is 4.00. The second-order valence-electron chi connectivity index (χ2n) is 5.19. The van der Waals surface area contributed by atoms with Gasteiger partial charge in [-0.2, -0.15) is 0 Å². The molecule has 120 valence electrons. The van der Waals surface area contributed by atoms with Crippen molar-refractivity contribution in [1.29, 1.82) is 0 Å². The first-order valence-corrected chi connectivity index (χ1v) is 7.78. The van der Waals surface area contributed by atoms with Gasteiger partial charge in [0.2, 0.25) is 0 Å². The Morgan fingerprint density at radius 3 is 2.65 bits per heavy atom. The maximum Gasteiger partial charge on any atom is 0.185 e. The van der Waals surface area contributed by atoms with Crippen molar-refractivity contribution in [2.75, 3.05) is 26.1 Å².